The smallest absolute Gasteiger partial charge is 0.306 e. The Bertz CT molecular complexity index is 1480. The molecule has 1 unspecified atom stereocenters. The fourth-order valence-corrected chi connectivity index (χ4v) is 6.86. The summed E-state index contributed by atoms with van der Waals surface area (Å²) in [4.78, 5) is 25.4. The molecular weight excluding hydrogens is 837 g/mol. The summed E-state index contributed by atoms with van der Waals surface area (Å²) in [7, 11) is 0. The van der Waals surface area contributed by atoms with Gasteiger partial charge in [0.15, 0.2) is 6.10 Å². The van der Waals surface area contributed by atoms with Crippen LogP contribution >= 0.6 is 0 Å². The first-order chi connectivity index (χ1) is 33.6. The Kier molecular flexibility index (Phi) is 53.6. The van der Waals surface area contributed by atoms with Gasteiger partial charge in [-0.2, -0.15) is 0 Å². The Hall–Kier alpha value is -4.22. The molecule has 0 amide bonds. The van der Waals surface area contributed by atoms with Crippen LogP contribution in [0.2, 0.25) is 0 Å². The number of esters is 2. The molecule has 5 nitrogen and oxygen atoms in total. The Labute approximate surface area is 419 Å². The Balaban J connectivity index is 4.44. The van der Waals surface area contributed by atoms with Gasteiger partial charge in [-0.25, -0.2) is 0 Å². The van der Waals surface area contributed by atoms with Crippen molar-refractivity contribution in [2.45, 2.75) is 219 Å². The highest BCUT2D eigenvalue weighted by Crippen LogP contribution is 2.12. The molecule has 0 saturated heterocycles. The minimum absolute atomic E-state index is 0.0249. The number of carbonyl (C=O) groups is 2. The molecule has 0 aromatic rings. The summed E-state index contributed by atoms with van der Waals surface area (Å²) in [5, 5.41) is 0. The van der Waals surface area contributed by atoms with Gasteiger partial charge >= 0.3 is 11.9 Å². The lowest BCUT2D eigenvalue weighted by Gasteiger charge is -2.18. The van der Waals surface area contributed by atoms with Crippen LogP contribution in [0.25, 0.3) is 0 Å². The van der Waals surface area contributed by atoms with E-state index in [0.717, 1.165) is 122 Å². The SMILES string of the molecule is CC/C=C\C/C=C\C/C=C\C/C=C\C/C=C\C/C=C\CCC(=O)OCC(COCCCCCCCCC/C=C\C/C=C\C/C=C\C/C=C\CC)OC(=O)CCCCCCC/C=C\C/C=C\CCC. The summed E-state index contributed by atoms with van der Waals surface area (Å²) < 4.78 is 17.3. The average Bonchev–Trinajstić information content (AvgIpc) is 3.34. The maximum absolute atomic E-state index is 12.8. The average molecular weight is 937 g/mol. The van der Waals surface area contributed by atoms with E-state index >= 15 is 0 Å². The zero-order valence-electron chi connectivity index (χ0n) is 43.8. The number of unbranched alkanes of at least 4 members (excludes halogenated alkanes) is 13. The van der Waals surface area contributed by atoms with Crippen LogP contribution in [0.4, 0.5) is 0 Å². The van der Waals surface area contributed by atoms with E-state index in [1.54, 1.807) is 0 Å². The fraction of sp³-hybridized carbons (Fsp3) is 0.587. The molecule has 0 aliphatic rings. The molecule has 0 rings (SSSR count). The highest BCUT2D eigenvalue weighted by Gasteiger charge is 2.17. The predicted molar refractivity (Wildman–Crippen MR) is 297 cm³/mol. The number of hydrogen-bond donors (Lipinski definition) is 0. The molecule has 0 aromatic carbocycles. The van der Waals surface area contributed by atoms with E-state index in [2.05, 4.69) is 161 Å². The molecule has 0 aromatic heterocycles. The van der Waals surface area contributed by atoms with Gasteiger partial charge in [0.05, 0.1) is 6.61 Å². The number of ether oxygens (including phenoxy) is 3. The van der Waals surface area contributed by atoms with Crippen LogP contribution in [0.15, 0.2) is 146 Å². The lowest BCUT2D eigenvalue weighted by molar-refractivity contribution is -0.162. The van der Waals surface area contributed by atoms with E-state index in [-0.39, 0.29) is 25.2 Å². The number of carbonyl (C=O) groups excluding carboxylic acids is 2. The second kappa shape index (κ2) is 57.1. The van der Waals surface area contributed by atoms with Gasteiger partial charge in [-0.15, -0.1) is 0 Å². The molecule has 0 aliphatic heterocycles. The van der Waals surface area contributed by atoms with Gasteiger partial charge in [0.2, 0.25) is 0 Å². The molecule has 0 spiro atoms. The van der Waals surface area contributed by atoms with Gasteiger partial charge in [0.1, 0.15) is 6.61 Å². The van der Waals surface area contributed by atoms with Crippen molar-refractivity contribution in [3.8, 4) is 0 Å². The van der Waals surface area contributed by atoms with Crippen LogP contribution in [0.5, 0.6) is 0 Å². The van der Waals surface area contributed by atoms with Gasteiger partial charge in [-0.05, 0) is 122 Å². The molecule has 68 heavy (non-hydrogen) atoms. The Morgan fingerprint density at radius 1 is 0.338 bits per heavy atom. The van der Waals surface area contributed by atoms with Crippen molar-refractivity contribution in [3.05, 3.63) is 146 Å². The van der Waals surface area contributed by atoms with Crippen molar-refractivity contribution in [1.82, 2.24) is 0 Å². The Morgan fingerprint density at radius 2 is 0.691 bits per heavy atom. The summed E-state index contributed by atoms with van der Waals surface area (Å²) in [6, 6.07) is 0. The predicted octanol–water partition coefficient (Wildman–Crippen LogP) is 18.9. The van der Waals surface area contributed by atoms with Crippen molar-refractivity contribution < 1.29 is 23.8 Å². The second-order valence-corrected chi connectivity index (χ2v) is 17.4. The van der Waals surface area contributed by atoms with E-state index in [1.807, 2.05) is 6.08 Å². The van der Waals surface area contributed by atoms with Crippen molar-refractivity contribution in [1.29, 1.82) is 0 Å². The van der Waals surface area contributed by atoms with Gasteiger partial charge in [0.25, 0.3) is 0 Å². The number of hydrogen-bond acceptors (Lipinski definition) is 5. The first-order valence-electron chi connectivity index (χ1n) is 27.4. The van der Waals surface area contributed by atoms with Crippen LogP contribution in [0.1, 0.15) is 213 Å². The maximum atomic E-state index is 12.8. The number of allylic oxidation sites excluding steroid dienone is 24. The third-order valence-corrected chi connectivity index (χ3v) is 10.8. The molecule has 1 atom stereocenters. The minimum Gasteiger partial charge on any atom is -0.462 e. The van der Waals surface area contributed by atoms with E-state index in [0.29, 0.717) is 25.9 Å². The normalized spacial score (nSPS) is 13.4. The van der Waals surface area contributed by atoms with Crippen molar-refractivity contribution >= 4 is 11.9 Å². The van der Waals surface area contributed by atoms with Gasteiger partial charge in [-0.3, -0.25) is 9.59 Å². The monoisotopic (exact) mass is 937 g/mol. The topological polar surface area (TPSA) is 61.8 Å². The van der Waals surface area contributed by atoms with E-state index < -0.39 is 6.10 Å². The molecule has 0 N–H and O–H groups in total. The third kappa shape index (κ3) is 54.4. The van der Waals surface area contributed by atoms with E-state index in [1.165, 1.54) is 51.4 Å². The highest BCUT2D eigenvalue weighted by atomic mass is 16.6. The summed E-state index contributed by atoms with van der Waals surface area (Å²) >= 11 is 0. The van der Waals surface area contributed by atoms with E-state index in [4.69, 9.17) is 14.2 Å². The zero-order valence-corrected chi connectivity index (χ0v) is 43.8. The van der Waals surface area contributed by atoms with Crippen molar-refractivity contribution in [2.24, 2.45) is 0 Å². The van der Waals surface area contributed by atoms with Crippen LogP contribution in [0, 0.1) is 0 Å². The molecule has 0 saturated carbocycles. The summed E-state index contributed by atoms with van der Waals surface area (Å²) in [5.41, 5.74) is 0. The summed E-state index contributed by atoms with van der Waals surface area (Å²) in [6.07, 6.45) is 83.0. The standard InChI is InChI=1S/C63H100O5/c1-4-7-10-13-16-19-22-25-27-29-31-33-35-37-40-43-46-49-52-55-58-66-59-61(68-63(65)57-54-51-48-45-42-38-24-21-18-15-12-9-6-3)60-67-62(64)56-53-50-47-44-41-39-36-34-32-30-28-26-23-20-17-14-11-8-5-2/h7-8,10-12,15-17,19-21,24-28,31-34,39,41,47,50,61H,4-6,9,13-14,18,22-23,29-30,35-38,40,42-46,48-49,51-60H2,1-3H3/b10-7-,11-8-,15-12-,19-16-,20-17-,24-21-,27-25-,28-26-,33-31-,34-32-,41-39-,50-47-. The fourth-order valence-electron chi connectivity index (χ4n) is 6.86. The lowest BCUT2D eigenvalue weighted by Crippen LogP contribution is -2.30. The zero-order chi connectivity index (χ0) is 49.2. The molecular formula is C63H100O5. The van der Waals surface area contributed by atoms with Crippen LogP contribution in [-0.4, -0.2) is 37.9 Å². The van der Waals surface area contributed by atoms with Crippen LogP contribution < -0.4 is 0 Å². The molecule has 5 heteroatoms. The largest absolute Gasteiger partial charge is 0.462 e. The second-order valence-electron chi connectivity index (χ2n) is 17.4. The van der Waals surface area contributed by atoms with Gasteiger partial charge in [0, 0.05) is 19.4 Å². The van der Waals surface area contributed by atoms with Crippen LogP contribution in [0.3, 0.4) is 0 Å². The summed E-state index contributed by atoms with van der Waals surface area (Å²) in [5.74, 6) is -0.527. The highest BCUT2D eigenvalue weighted by molar-refractivity contribution is 5.70. The molecule has 0 aliphatic carbocycles. The molecule has 0 radical (unpaired) electrons. The first kappa shape index (κ1) is 63.8. The third-order valence-electron chi connectivity index (χ3n) is 10.8. The molecule has 0 fully saturated rings. The van der Waals surface area contributed by atoms with Gasteiger partial charge in [-0.1, -0.05) is 224 Å². The molecule has 0 heterocycles. The quantitative estimate of drug-likeness (QED) is 0.0346. The lowest BCUT2D eigenvalue weighted by atomic mass is 10.1. The maximum Gasteiger partial charge on any atom is 0.306 e. The van der Waals surface area contributed by atoms with E-state index in [9.17, 15) is 9.59 Å². The Morgan fingerprint density at radius 3 is 1.12 bits per heavy atom. The van der Waals surface area contributed by atoms with Crippen LogP contribution in [-0.2, 0) is 23.8 Å². The molecule has 382 valence electrons. The first-order valence-corrected chi connectivity index (χ1v) is 27.4. The van der Waals surface area contributed by atoms with Crippen molar-refractivity contribution in [2.75, 3.05) is 19.8 Å². The van der Waals surface area contributed by atoms with Crippen molar-refractivity contribution in [3.63, 3.8) is 0 Å². The molecule has 0 bridgehead atoms. The van der Waals surface area contributed by atoms with Gasteiger partial charge < -0.3 is 14.2 Å². The minimum atomic E-state index is -0.592. The summed E-state index contributed by atoms with van der Waals surface area (Å²) in [6.45, 7) is 7.40. The number of rotatable bonds is 48.